The number of hydrogen-bond acceptors (Lipinski definition) is 4. The summed E-state index contributed by atoms with van der Waals surface area (Å²) in [6.45, 7) is 2.74. The zero-order chi connectivity index (χ0) is 11.7. The van der Waals surface area contributed by atoms with Crippen LogP contribution in [0.4, 0.5) is 0 Å². The molecule has 1 N–H and O–H groups in total. The molecule has 1 aromatic carbocycles. The molecule has 1 aromatic heterocycles. The van der Waals surface area contributed by atoms with Gasteiger partial charge in [-0.3, -0.25) is 0 Å². The van der Waals surface area contributed by atoms with Gasteiger partial charge in [-0.05, 0) is 31.4 Å². The van der Waals surface area contributed by atoms with E-state index in [1.165, 1.54) is 12.8 Å². The lowest BCUT2D eigenvalue weighted by Gasteiger charge is -1.98. The Kier molecular flexibility index (Phi) is 2.65. The van der Waals surface area contributed by atoms with Crippen molar-refractivity contribution in [2.75, 3.05) is 0 Å². The summed E-state index contributed by atoms with van der Waals surface area (Å²) in [6, 6.07) is 8.69. The molecule has 0 unspecified atom stereocenters. The minimum absolute atomic E-state index is 0.607. The molecule has 2 aromatic rings. The van der Waals surface area contributed by atoms with E-state index in [2.05, 4.69) is 15.5 Å². The minimum Gasteiger partial charge on any atom is -0.334 e. The molecule has 0 aliphatic heterocycles. The first-order valence-corrected chi connectivity index (χ1v) is 5.95. The van der Waals surface area contributed by atoms with E-state index in [-0.39, 0.29) is 0 Å². The molecule has 1 aliphatic carbocycles. The van der Waals surface area contributed by atoms with Crippen LogP contribution in [0.3, 0.4) is 0 Å². The first-order valence-electron chi connectivity index (χ1n) is 5.95. The normalized spacial score (nSPS) is 15.1. The second-order valence-corrected chi connectivity index (χ2v) is 4.49. The van der Waals surface area contributed by atoms with Gasteiger partial charge in [0.1, 0.15) is 0 Å². The van der Waals surface area contributed by atoms with Crippen molar-refractivity contribution in [1.29, 1.82) is 0 Å². The predicted molar refractivity (Wildman–Crippen MR) is 64.3 cm³/mol. The number of nitrogens with one attached hydrogen (secondary N) is 1. The van der Waals surface area contributed by atoms with Crippen LogP contribution in [-0.4, -0.2) is 16.2 Å². The fourth-order valence-electron chi connectivity index (χ4n) is 1.77. The van der Waals surface area contributed by atoms with Crippen molar-refractivity contribution in [1.82, 2.24) is 15.5 Å². The fourth-order valence-corrected chi connectivity index (χ4v) is 1.77. The highest BCUT2D eigenvalue weighted by Crippen LogP contribution is 2.22. The van der Waals surface area contributed by atoms with E-state index in [1.807, 2.05) is 31.2 Å². The third kappa shape index (κ3) is 2.36. The second kappa shape index (κ2) is 4.30. The van der Waals surface area contributed by atoms with Gasteiger partial charge in [-0.15, -0.1) is 0 Å². The predicted octanol–water partition coefficient (Wildman–Crippen LogP) is 2.30. The lowest BCUT2D eigenvalue weighted by Crippen LogP contribution is -2.16. The van der Waals surface area contributed by atoms with Crippen LogP contribution in [0, 0.1) is 6.92 Å². The van der Waals surface area contributed by atoms with Crippen LogP contribution in [0.1, 0.15) is 24.2 Å². The van der Waals surface area contributed by atoms with Gasteiger partial charge in [-0.1, -0.05) is 23.4 Å². The first kappa shape index (κ1) is 10.5. The number of aromatic nitrogens is 2. The van der Waals surface area contributed by atoms with E-state index < -0.39 is 0 Å². The van der Waals surface area contributed by atoms with Crippen LogP contribution in [0.5, 0.6) is 0 Å². The summed E-state index contributed by atoms with van der Waals surface area (Å²) in [6.07, 6.45) is 2.53. The van der Waals surface area contributed by atoms with Gasteiger partial charge in [0.15, 0.2) is 5.82 Å². The highest BCUT2D eigenvalue weighted by Gasteiger charge is 2.21. The Morgan fingerprint density at radius 2 is 2.18 bits per heavy atom. The average molecular weight is 229 g/mol. The summed E-state index contributed by atoms with van der Waals surface area (Å²) < 4.78 is 5.28. The number of rotatable bonds is 4. The molecule has 0 spiro atoms. The van der Waals surface area contributed by atoms with Crippen LogP contribution in [-0.2, 0) is 6.54 Å². The molecule has 0 radical (unpaired) electrons. The minimum atomic E-state index is 0.607. The maximum atomic E-state index is 5.28. The van der Waals surface area contributed by atoms with Gasteiger partial charge in [-0.2, -0.15) is 4.98 Å². The van der Waals surface area contributed by atoms with Crippen LogP contribution >= 0.6 is 0 Å². The molecule has 4 heteroatoms. The van der Waals surface area contributed by atoms with E-state index in [4.69, 9.17) is 4.52 Å². The van der Waals surface area contributed by atoms with Crippen molar-refractivity contribution in [3.63, 3.8) is 0 Å². The molecule has 88 valence electrons. The molecule has 0 atom stereocenters. The number of benzene rings is 1. The maximum Gasteiger partial charge on any atom is 0.258 e. The smallest absolute Gasteiger partial charge is 0.258 e. The molecular formula is C13H15N3O. The lowest BCUT2D eigenvalue weighted by atomic mass is 10.1. The van der Waals surface area contributed by atoms with Gasteiger partial charge in [0, 0.05) is 11.6 Å². The quantitative estimate of drug-likeness (QED) is 0.874. The molecule has 0 amide bonds. The van der Waals surface area contributed by atoms with Gasteiger partial charge >= 0.3 is 0 Å². The Morgan fingerprint density at radius 1 is 1.35 bits per heavy atom. The van der Waals surface area contributed by atoms with E-state index in [1.54, 1.807) is 0 Å². The van der Waals surface area contributed by atoms with E-state index in [0.717, 1.165) is 17.0 Å². The molecule has 1 fully saturated rings. The van der Waals surface area contributed by atoms with E-state index in [9.17, 15) is 0 Å². The van der Waals surface area contributed by atoms with Gasteiger partial charge in [-0.25, -0.2) is 0 Å². The van der Waals surface area contributed by atoms with Crippen LogP contribution in [0.25, 0.3) is 11.5 Å². The molecule has 4 nitrogen and oxygen atoms in total. The Balaban J connectivity index is 1.77. The Bertz CT molecular complexity index is 517. The van der Waals surface area contributed by atoms with Gasteiger partial charge in [0.2, 0.25) is 0 Å². The van der Waals surface area contributed by atoms with E-state index >= 15 is 0 Å². The summed E-state index contributed by atoms with van der Waals surface area (Å²) in [7, 11) is 0. The highest BCUT2D eigenvalue weighted by atomic mass is 16.5. The van der Waals surface area contributed by atoms with Crippen molar-refractivity contribution in [3.05, 3.63) is 35.7 Å². The molecule has 3 rings (SSSR count). The first-order chi connectivity index (χ1) is 8.33. The van der Waals surface area contributed by atoms with Crippen LogP contribution in [0.15, 0.2) is 28.8 Å². The van der Waals surface area contributed by atoms with Gasteiger partial charge in [0.25, 0.3) is 5.89 Å². The Hall–Kier alpha value is -1.68. The fraction of sp³-hybridized carbons (Fsp3) is 0.385. The third-order valence-corrected chi connectivity index (χ3v) is 2.97. The molecule has 0 bridgehead atoms. The molecule has 1 aliphatic rings. The Labute approximate surface area is 100 Å². The van der Waals surface area contributed by atoms with Crippen molar-refractivity contribution >= 4 is 0 Å². The van der Waals surface area contributed by atoms with Crippen LogP contribution in [0.2, 0.25) is 0 Å². The zero-order valence-electron chi connectivity index (χ0n) is 9.81. The highest BCUT2D eigenvalue weighted by molar-refractivity contribution is 5.57. The van der Waals surface area contributed by atoms with Crippen molar-refractivity contribution in [2.24, 2.45) is 0 Å². The van der Waals surface area contributed by atoms with E-state index in [0.29, 0.717) is 18.5 Å². The van der Waals surface area contributed by atoms with Crippen LogP contribution < -0.4 is 5.32 Å². The second-order valence-electron chi connectivity index (χ2n) is 4.49. The molecule has 1 heterocycles. The van der Waals surface area contributed by atoms with Crippen molar-refractivity contribution in [2.45, 2.75) is 32.4 Å². The standard InChI is InChI=1S/C13H15N3O/c1-9-4-2-3-5-11(9)13-15-12(16-17-13)8-14-10-6-7-10/h2-5,10,14H,6-8H2,1H3. The summed E-state index contributed by atoms with van der Waals surface area (Å²) in [5, 5.41) is 7.35. The molecule has 0 saturated heterocycles. The summed E-state index contributed by atoms with van der Waals surface area (Å²) >= 11 is 0. The SMILES string of the molecule is Cc1ccccc1-c1nc(CNC2CC2)no1. The lowest BCUT2D eigenvalue weighted by molar-refractivity contribution is 0.419. The topological polar surface area (TPSA) is 51.0 Å². The van der Waals surface area contributed by atoms with Crippen molar-refractivity contribution < 1.29 is 4.52 Å². The van der Waals surface area contributed by atoms with Gasteiger partial charge < -0.3 is 9.84 Å². The summed E-state index contributed by atoms with van der Waals surface area (Å²) in [4.78, 5) is 4.40. The largest absolute Gasteiger partial charge is 0.334 e. The molecule has 17 heavy (non-hydrogen) atoms. The average Bonchev–Trinajstić information content (AvgIpc) is 3.06. The molecule has 1 saturated carbocycles. The summed E-state index contributed by atoms with van der Waals surface area (Å²) in [5.74, 6) is 1.34. The number of hydrogen-bond donors (Lipinski definition) is 1. The van der Waals surface area contributed by atoms with Gasteiger partial charge in [0.05, 0.1) is 6.54 Å². The van der Waals surface area contributed by atoms with Crippen molar-refractivity contribution in [3.8, 4) is 11.5 Å². The number of aryl methyl sites for hydroxylation is 1. The maximum absolute atomic E-state index is 5.28. The monoisotopic (exact) mass is 229 g/mol. The number of nitrogens with zero attached hydrogens (tertiary/aromatic N) is 2. The third-order valence-electron chi connectivity index (χ3n) is 2.97. The molecular weight excluding hydrogens is 214 g/mol. The Morgan fingerprint density at radius 3 is 2.94 bits per heavy atom. The zero-order valence-corrected chi connectivity index (χ0v) is 9.81. The summed E-state index contributed by atoms with van der Waals surface area (Å²) in [5.41, 5.74) is 2.16.